The Labute approximate surface area is 144 Å². The predicted octanol–water partition coefficient (Wildman–Crippen LogP) is 2.84. The molecule has 0 aliphatic rings. The van der Waals surface area contributed by atoms with Crippen LogP contribution in [-0.4, -0.2) is 30.6 Å². The number of carbonyl (C=O) groups is 1. The quantitative estimate of drug-likeness (QED) is 0.721. The summed E-state index contributed by atoms with van der Waals surface area (Å²) in [5.74, 6) is 2.07. The molecule has 1 aromatic carbocycles. The Kier molecular flexibility index (Phi) is 11.1. The van der Waals surface area contributed by atoms with Crippen LogP contribution in [0.4, 0.5) is 0 Å². The van der Waals surface area contributed by atoms with Crippen LogP contribution in [0.3, 0.4) is 0 Å². The molecule has 1 rings (SSSR count). The van der Waals surface area contributed by atoms with Gasteiger partial charge in [-0.1, -0.05) is 32.0 Å². The van der Waals surface area contributed by atoms with Crippen LogP contribution in [-0.2, 0) is 11.3 Å². The lowest BCUT2D eigenvalue weighted by atomic mass is 10.1. The molecule has 0 unspecified atom stereocenters. The van der Waals surface area contributed by atoms with E-state index in [1.807, 2.05) is 30.5 Å². The highest BCUT2D eigenvalue weighted by Gasteiger charge is 2.13. The molecular formula is C16H27ClN2O2S. The molecule has 1 atom stereocenters. The van der Waals surface area contributed by atoms with Gasteiger partial charge in [0.25, 0.3) is 0 Å². The van der Waals surface area contributed by atoms with Crippen molar-refractivity contribution in [3.63, 3.8) is 0 Å². The zero-order valence-corrected chi connectivity index (χ0v) is 15.1. The molecule has 0 spiro atoms. The summed E-state index contributed by atoms with van der Waals surface area (Å²) in [4.78, 5) is 11.9. The molecule has 0 fully saturated rings. The molecule has 6 heteroatoms. The number of thioether (sulfide) groups is 1. The van der Waals surface area contributed by atoms with Crippen LogP contribution < -0.4 is 15.8 Å². The van der Waals surface area contributed by atoms with Crippen LogP contribution in [0, 0.1) is 5.92 Å². The molecule has 0 aliphatic heterocycles. The van der Waals surface area contributed by atoms with E-state index in [4.69, 9.17) is 10.5 Å². The molecule has 3 N–H and O–H groups in total. The van der Waals surface area contributed by atoms with E-state index in [0.29, 0.717) is 25.5 Å². The Bertz CT molecular complexity index is 444. The number of amides is 1. The maximum atomic E-state index is 11.9. The first kappa shape index (κ1) is 21.1. The van der Waals surface area contributed by atoms with Crippen LogP contribution >= 0.6 is 24.2 Å². The molecule has 1 aromatic rings. The van der Waals surface area contributed by atoms with E-state index in [2.05, 4.69) is 19.2 Å². The minimum atomic E-state index is -0.443. The molecule has 1 amide bonds. The summed E-state index contributed by atoms with van der Waals surface area (Å²) in [6, 6.07) is 7.32. The number of para-hydroxylation sites is 1. The summed E-state index contributed by atoms with van der Waals surface area (Å²) in [7, 11) is 0. The maximum Gasteiger partial charge on any atom is 0.237 e. The van der Waals surface area contributed by atoms with E-state index < -0.39 is 6.04 Å². The second kappa shape index (κ2) is 11.6. The standard InChI is InChI=1S/C16H26N2O2S.ClH/c1-12(2)11-20-15-7-5-4-6-13(15)10-18-16(19)14(17)8-9-21-3;/h4-7,12,14H,8-11,17H2,1-3H3,(H,18,19);1H/t14-;/m0./s1. The SMILES string of the molecule is CSCC[C@H](N)C(=O)NCc1ccccc1OCC(C)C.Cl. The van der Waals surface area contributed by atoms with Crippen molar-refractivity contribution in [2.24, 2.45) is 11.7 Å². The smallest absolute Gasteiger partial charge is 0.237 e. The average Bonchev–Trinajstić information content (AvgIpc) is 2.48. The first-order valence-electron chi connectivity index (χ1n) is 7.27. The largest absolute Gasteiger partial charge is 0.493 e. The fourth-order valence-corrected chi connectivity index (χ4v) is 2.23. The van der Waals surface area contributed by atoms with Gasteiger partial charge < -0.3 is 15.8 Å². The summed E-state index contributed by atoms with van der Waals surface area (Å²) >= 11 is 1.69. The van der Waals surface area contributed by atoms with E-state index in [9.17, 15) is 4.79 Å². The fraction of sp³-hybridized carbons (Fsp3) is 0.562. The van der Waals surface area contributed by atoms with Crippen molar-refractivity contribution in [3.05, 3.63) is 29.8 Å². The first-order chi connectivity index (χ1) is 10.0. The summed E-state index contributed by atoms with van der Waals surface area (Å²) < 4.78 is 5.77. The highest BCUT2D eigenvalue weighted by Crippen LogP contribution is 2.18. The van der Waals surface area contributed by atoms with Gasteiger partial charge in [0.05, 0.1) is 12.6 Å². The molecule has 4 nitrogen and oxygen atoms in total. The van der Waals surface area contributed by atoms with E-state index in [-0.39, 0.29) is 18.3 Å². The third-order valence-corrected chi connectivity index (χ3v) is 3.61. The number of carbonyl (C=O) groups excluding carboxylic acids is 1. The zero-order valence-electron chi connectivity index (χ0n) is 13.5. The zero-order chi connectivity index (χ0) is 15.7. The number of ether oxygens (including phenoxy) is 1. The molecule has 0 saturated carbocycles. The van der Waals surface area contributed by atoms with Crippen molar-refractivity contribution in [2.75, 3.05) is 18.6 Å². The number of rotatable bonds is 9. The number of nitrogens with one attached hydrogen (secondary N) is 1. The van der Waals surface area contributed by atoms with Gasteiger partial charge in [0, 0.05) is 12.1 Å². The van der Waals surface area contributed by atoms with Gasteiger partial charge in [-0.25, -0.2) is 0 Å². The maximum absolute atomic E-state index is 11.9. The third-order valence-electron chi connectivity index (χ3n) is 2.97. The molecule has 22 heavy (non-hydrogen) atoms. The van der Waals surface area contributed by atoms with Crippen LogP contribution in [0.15, 0.2) is 24.3 Å². The Morgan fingerprint density at radius 3 is 2.68 bits per heavy atom. The molecular weight excluding hydrogens is 320 g/mol. The predicted molar refractivity (Wildman–Crippen MR) is 96.8 cm³/mol. The van der Waals surface area contributed by atoms with Crippen LogP contribution in [0.2, 0.25) is 0 Å². The first-order valence-corrected chi connectivity index (χ1v) is 8.67. The van der Waals surface area contributed by atoms with Gasteiger partial charge in [0.1, 0.15) is 5.75 Å². The Hall–Kier alpha value is -0.910. The summed E-state index contributed by atoms with van der Waals surface area (Å²) in [5.41, 5.74) is 6.82. The highest BCUT2D eigenvalue weighted by molar-refractivity contribution is 7.98. The van der Waals surface area contributed by atoms with E-state index in [1.54, 1.807) is 11.8 Å². The molecule has 126 valence electrons. The van der Waals surface area contributed by atoms with Crippen molar-refractivity contribution < 1.29 is 9.53 Å². The fourth-order valence-electron chi connectivity index (χ4n) is 1.74. The molecule has 0 saturated heterocycles. The molecule has 0 radical (unpaired) electrons. The van der Waals surface area contributed by atoms with Gasteiger partial charge in [-0.2, -0.15) is 11.8 Å². The third kappa shape index (κ3) is 7.92. The Morgan fingerprint density at radius 2 is 2.05 bits per heavy atom. The van der Waals surface area contributed by atoms with E-state index in [1.165, 1.54) is 0 Å². The number of benzene rings is 1. The minimum Gasteiger partial charge on any atom is -0.493 e. The lowest BCUT2D eigenvalue weighted by Gasteiger charge is -2.15. The lowest BCUT2D eigenvalue weighted by molar-refractivity contribution is -0.122. The van der Waals surface area contributed by atoms with Gasteiger partial charge in [0.2, 0.25) is 5.91 Å². The van der Waals surface area contributed by atoms with Gasteiger partial charge in [0.15, 0.2) is 0 Å². The second-order valence-corrected chi connectivity index (χ2v) is 6.40. The van der Waals surface area contributed by atoms with E-state index >= 15 is 0 Å². The monoisotopic (exact) mass is 346 g/mol. The second-order valence-electron chi connectivity index (χ2n) is 5.42. The average molecular weight is 347 g/mol. The van der Waals surface area contributed by atoms with Crippen molar-refractivity contribution in [3.8, 4) is 5.75 Å². The summed E-state index contributed by atoms with van der Waals surface area (Å²) in [6.07, 6.45) is 2.70. The van der Waals surface area contributed by atoms with Crippen LogP contribution in [0.1, 0.15) is 25.8 Å². The normalized spacial score (nSPS) is 11.7. The van der Waals surface area contributed by atoms with Crippen LogP contribution in [0.25, 0.3) is 0 Å². The van der Waals surface area contributed by atoms with Crippen molar-refractivity contribution >= 4 is 30.1 Å². The van der Waals surface area contributed by atoms with Gasteiger partial charge in [-0.3, -0.25) is 4.79 Å². The highest BCUT2D eigenvalue weighted by atomic mass is 35.5. The number of hydrogen-bond donors (Lipinski definition) is 2. The number of nitrogens with two attached hydrogens (primary N) is 1. The summed E-state index contributed by atoms with van der Waals surface area (Å²) in [6.45, 7) is 5.32. The van der Waals surface area contributed by atoms with Crippen molar-refractivity contribution in [1.29, 1.82) is 0 Å². The lowest BCUT2D eigenvalue weighted by Crippen LogP contribution is -2.40. The van der Waals surface area contributed by atoms with E-state index in [0.717, 1.165) is 17.1 Å². The van der Waals surface area contributed by atoms with Crippen LogP contribution in [0.5, 0.6) is 5.75 Å². The van der Waals surface area contributed by atoms with Crippen molar-refractivity contribution in [2.45, 2.75) is 32.9 Å². The van der Waals surface area contributed by atoms with Gasteiger partial charge in [-0.15, -0.1) is 12.4 Å². The van der Waals surface area contributed by atoms with Crippen molar-refractivity contribution in [1.82, 2.24) is 5.32 Å². The molecule has 0 heterocycles. The number of hydrogen-bond acceptors (Lipinski definition) is 4. The number of halogens is 1. The molecule has 0 bridgehead atoms. The molecule has 0 aliphatic carbocycles. The summed E-state index contributed by atoms with van der Waals surface area (Å²) in [5, 5.41) is 2.88. The Balaban J connectivity index is 0.00000441. The van der Waals surface area contributed by atoms with Gasteiger partial charge in [-0.05, 0) is 30.4 Å². The molecule has 0 aromatic heterocycles. The topological polar surface area (TPSA) is 64.4 Å². The Morgan fingerprint density at radius 1 is 1.36 bits per heavy atom. The minimum absolute atomic E-state index is 0. The van der Waals surface area contributed by atoms with Gasteiger partial charge >= 0.3 is 0 Å².